The van der Waals surface area contributed by atoms with E-state index in [1.54, 1.807) is 31.3 Å². The third kappa shape index (κ3) is 3.93. The largest absolute Gasteiger partial charge is 0.437 e. The average Bonchev–Trinajstić information content (AvgIpc) is 2.56. The topological polar surface area (TPSA) is 34.5 Å². The van der Waals surface area contributed by atoms with Gasteiger partial charge in [-0.15, -0.1) is 0 Å². The monoisotopic (exact) mass is 328 g/mol. The standard InChI is InChI=1S/C19H18F2N2O/c1-4-7-14(12-22-3)24-19-15(8-6-9-23-19)16-10-13(5-2)17(20)11-18(16)21/h4,6-12H,1,5H2,2-3H3/b14-7+,22-12?. The van der Waals surface area contributed by atoms with E-state index in [-0.39, 0.29) is 11.4 Å². The highest BCUT2D eigenvalue weighted by Gasteiger charge is 2.16. The summed E-state index contributed by atoms with van der Waals surface area (Å²) in [5.41, 5.74) is 1.10. The Balaban J connectivity index is 2.54. The van der Waals surface area contributed by atoms with Crippen LogP contribution in [0.5, 0.6) is 5.88 Å². The summed E-state index contributed by atoms with van der Waals surface area (Å²) in [6.45, 7) is 5.42. The van der Waals surface area contributed by atoms with E-state index < -0.39 is 11.6 Å². The molecule has 0 saturated heterocycles. The van der Waals surface area contributed by atoms with Crippen LogP contribution in [0.25, 0.3) is 11.1 Å². The van der Waals surface area contributed by atoms with E-state index in [1.807, 2.05) is 6.92 Å². The Morgan fingerprint density at radius 3 is 2.75 bits per heavy atom. The zero-order valence-corrected chi connectivity index (χ0v) is 13.6. The fourth-order valence-electron chi connectivity index (χ4n) is 2.21. The summed E-state index contributed by atoms with van der Waals surface area (Å²) >= 11 is 0. The van der Waals surface area contributed by atoms with E-state index in [2.05, 4.69) is 16.6 Å². The molecule has 0 aliphatic carbocycles. The normalized spacial score (nSPS) is 11.8. The van der Waals surface area contributed by atoms with E-state index in [0.717, 1.165) is 6.07 Å². The lowest BCUT2D eigenvalue weighted by atomic mass is 10.0. The van der Waals surface area contributed by atoms with Gasteiger partial charge in [0.1, 0.15) is 17.4 Å². The number of rotatable bonds is 6. The van der Waals surface area contributed by atoms with Crippen molar-refractivity contribution in [1.29, 1.82) is 0 Å². The quantitative estimate of drug-likeness (QED) is 0.436. The van der Waals surface area contributed by atoms with E-state index in [1.165, 1.54) is 18.5 Å². The SMILES string of the molecule is C=C/C=C(\C=NC)Oc1ncccc1-c1cc(CC)c(F)cc1F. The van der Waals surface area contributed by atoms with Gasteiger partial charge in [-0.2, -0.15) is 0 Å². The Morgan fingerprint density at radius 2 is 2.08 bits per heavy atom. The molecule has 0 atom stereocenters. The number of hydrogen-bond acceptors (Lipinski definition) is 3. The maximum atomic E-state index is 14.3. The number of halogens is 2. The first-order chi connectivity index (χ1) is 11.6. The number of hydrogen-bond donors (Lipinski definition) is 0. The van der Waals surface area contributed by atoms with Gasteiger partial charge in [0.05, 0.1) is 6.21 Å². The van der Waals surface area contributed by atoms with Crippen LogP contribution in [-0.2, 0) is 6.42 Å². The molecule has 1 aromatic heterocycles. The molecule has 0 fully saturated rings. The number of pyridine rings is 1. The second kappa shape index (κ2) is 8.15. The lowest BCUT2D eigenvalue weighted by Crippen LogP contribution is -2.01. The minimum absolute atomic E-state index is 0.207. The molecule has 1 aromatic carbocycles. The summed E-state index contributed by atoms with van der Waals surface area (Å²) in [4.78, 5) is 8.05. The molecule has 3 nitrogen and oxygen atoms in total. The smallest absolute Gasteiger partial charge is 0.227 e. The molecule has 0 saturated carbocycles. The maximum absolute atomic E-state index is 14.3. The second-order valence-corrected chi connectivity index (χ2v) is 4.93. The van der Waals surface area contributed by atoms with Crippen molar-refractivity contribution >= 4 is 6.21 Å². The zero-order valence-electron chi connectivity index (χ0n) is 13.6. The molecule has 0 spiro atoms. The summed E-state index contributed by atoms with van der Waals surface area (Å²) in [7, 11) is 1.60. The van der Waals surface area contributed by atoms with Gasteiger partial charge < -0.3 is 4.74 Å². The molecule has 0 amide bonds. The van der Waals surface area contributed by atoms with Crippen LogP contribution in [0.15, 0.2) is 59.9 Å². The van der Waals surface area contributed by atoms with Crippen LogP contribution >= 0.6 is 0 Å². The van der Waals surface area contributed by atoms with Crippen LogP contribution in [0, 0.1) is 11.6 Å². The molecule has 5 heteroatoms. The molecule has 1 heterocycles. The first kappa shape index (κ1) is 17.5. The highest BCUT2D eigenvalue weighted by atomic mass is 19.1. The molecular formula is C19H18F2N2O. The Kier molecular flexibility index (Phi) is 5.95. The van der Waals surface area contributed by atoms with Crippen LogP contribution in [-0.4, -0.2) is 18.2 Å². The highest BCUT2D eigenvalue weighted by molar-refractivity contribution is 5.78. The van der Waals surface area contributed by atoms with Crippen molar-refractivity contribution in [2.24, 2.45) is 4.99 Å². The molecule has 124 valence electrons. The Bertz CT molecular complexity index is 798. The van der Waals surface area contributed by atoms with Crippen LogP contribution in [0.3, 0.4) is 0 Å². The molecule has 0 bridgehead atoms. The molecule has 24 heavy (non-hydrogen) atoms. The highest BCUT2D eigenvalue weighted by Crippen LogP contribution is 2.32. The van der Waals surface area contributed by atoms with Gasteiger partial charge in [-0.3, -0.25) is 4.99 Å². The van der Waals surface area contributed by atoms with Gasteiger partial charge >= 0.3 is 0 Å². The van der Waals surface area contributed by atoms with E-state index in [0.29, 0.717) is 23.3 Å². The van der Waals surface area contributed by atoms with Crippen molar-refractivity contribution in [2.45, 2.75) is 13.3 Å². The van der Waals surface area contributed by atoms with E-state index >= 15 is 0 Å². The Morgan fingerprint density at radius 1 is 1.29 bits per heavy atom. The molecule has 0 aliphatic heterocycles. The molecule has 0 unspecified atom stereocenters. The number of benzene rings is 1. The molecule has 2 aromatic rings. The fourth-order valence-corrected chi connectivity index (χ4v) is 2.21. The second-order valence-electron chi connectivity index (χ2n) is 4.93. The number of allylic oxidation sites excluding steroid dienone is 3. The summed E-state index contributed by atoms with van der Waals surface area (Å²) in [6.07, 6.45) is 6.66. The zero-order chi connectivity index (χ0) is 17.5. The van der Waals surface area contributed by atoms with Crippen molar-refractivity contribution in [3.63, 3.8) is 0 Å². The number of nitrogens with zero attached hydrogens (tertiary/aromatic N) is 2. The van der Waals surface area contributed by atoms with Gasteiger partial charge in [0, 0.05) is 30.4 Å². The fraction of sp³-hybridized carbons (Fsp3) is 0.158. The average molecular weight is 328 g/mol. The van der Waals surface area contributed by atoms with Crippen molar-refractivity contribution < 1.29 is 13.5 Å². The third-order valence-corrected chi connectivity index (χ3v) is 3.33. The third-order valence-electron chi connectivity index (χ3n) is 3.33. The predicted octanol–water partition coefficient (Wildman–Crippen LogP) is 4.74. The lowest BCUT2D eigenvalue weighted by molar-refractivity contribution is 0.440. The van der Waals surface area contributed by atoms with Crippen molar-refractivity contribution in [2.75, 3.05) is 7.05 Å². The summed E-state index contributed by atoms with van der Waals surface area (Å²) in [6, 6.07) is 5.71. The number of aromatic nitrogens is 1. The summed E-state index contributed by atoms with van der Waals surface area (Å²) in [5, 5.41) is 0. The molecule has 0 N–H and O–H groups in total. The summed E-state index contributed by atoms with van der Waals surface area (Å²) in [5.74, 6) is -0.611. The van der Waals surface area contributed by atoms with Crippen molar-refractivity contribution in [3.8, 4) is 17.0 Å². The van der Waals surface area contributed by atoms with Gasteiger partial charge in [0.2, 0.25) is 5.88 Å². The predicted molar refractivity (Wildman–Crippen MR) is 92.3 cm³/mol. The molecule has 0 aliphatic rings. The van der Waals surface area contributed by atoms with Gasteiger partial charge in [0.15, 0.2) is 0 Å². The number of aliphatic imine (C=N–C) groups is 1. The van der Waals surface area contributed by atoms with Gasteiger partial charge in [-0.25, -0.2) is 13.8 Å². The maximum Gasteiger partial charge on any atom is 0.227 e. The Labute approximate surface area is 140 Å². The van der Waals surface area contributed by atoms with Crippen LogP contribution in [0.4, 0.5) is 8.78 Å². The Hall–Kier alpha value is -2.82. The lowest BCUT2D eigenvalue weighted by Gasteiger charge is -2.12. The van der Waals surface area contributed by atoms with E-state index in [4.69, 9.17) is 4.74 Å². The van der Waals surface area contributed by atoms with Crippen LogP contribution < -0.4 is 4.74 Å². The molecular weight excluding hydrogens is 310 g/mol. The van der Waals surface area contributed by atoms with Gasteiger partial charge in [-0.1, -0.05) is 19.6 Å². The van der Waals surface area contributed by atoms with Crippen molar-refractivity contribution in [3.05, 3.63) is 72.2 Å². The first-order valence-electron chi connectivity index (χ1n) is 7.46. The van der Waals surface area contributed by atoms with Crippen LogP contribution in [0.1, 0.15) is 12.5 Å². The van der Waals surface area contributed by atoms with Crippen molar-refractivity contribution in [1.82, 2.24) is 4.98 Å². The molecule has 0 radical (unpaired) electrons. The first-order valence-corrected chi connectivity index (χ1v) is 7.46. The van der Waals surface area contributed by atoms with Gasteiger partial charge in [-0.05, 0) is 36.3 Å². The number of aryl methyl sites for hydroxylation is 1. The molecule has 2 rings (SSSR count). The van der Waals surface area contributed by atoms with E-state index in [9.17, 15) is 8.78 Å². The minimum Gasteiger partial charge on any atom is -0.437 e. The number of ether oxygens (including phenoxy) is 1. The van der Waals surface area contributed by atoms with Crippen LogP contribution in [0.2, 0.25) is 0 Å². The van der Waals surface area contributed by atoms with Gasteiger partial charge in [0.25, 0.3) is 0 Å². The summed E-state index contributed by atoms with van der Waals surface area (Å²) < 4.78 is 33.7. The minimum atomic E-state index is -0.666.